The van der Waals surface area contributed by atoms with E-state index in [1.165, 1.54) is 122 Å². The van der Waals surface area contributed by atoms with Gasteiger partial charge in [-0.25, -0.2) is 4.79 Å². The molecule has 64 heavy (non-hydrogen) atoms. The van der Waals surface area contributed by atoms with E-state index in [4.69, 9.17) is 14.2 Å². The van der Waals surface area contributed by atoms with E-state index in [-0.39, 0.29) is 36.2 Å². The number of carboxylic acids is 1. The standard InChI is InChI=1S/C56H99NO7/c1-6-8-10-12-14-16-18-20-22-24-25-26-27-28-29-31-32-34-36-38-40-42-44-46-54(58)63-51-52(50-62-49-48-53(56(60)61)57(3,4)5)64-55(59)47-45-43-41-39-37-35-33-30-23-21-19-17-15-13-11-9-7-2/h9,11,15,17-18,20-21,23-25,52-53H,6-8,10,12-14,16,19,22,26-51H2,1-5H3/p+1/b11-9-,17-15-,20-18-,23-21-,25-24-. The summed E-state index contributed by atoms with van der Waals surface area (Å²) in [5, 5.41) is 9.66. The zero-order valence-electron chi connectivity index (χ0n) is 42.2. The van der Waals surface area contributed by atoms with Crippen LogP contribution in [0.5, 0.6) is 0 Å². The number of nitrogens with zero attached hydrogens (tertiary/aromatic N) is 1. The summed E-state index contributed by atoms with van der Waals surface area (Å²) in [6, 6.07) is -0.619. The Balaban J connectivity index is 4.22. The smallest absolute Gasteiger partial charge is 0.362 e. The van der Waals surface area contributed by atoms with Crippen molar-refractivity contribution in [2.75, 3.05) is 41.0 Å². The number of hydrogen-bond donors (Lipinski definition) is 1. The Labute approximate surface area is 394 Å². The van der Waals surface area contributed by atoms with E-state index >= 15 is 0 Å². The molecule has 1 N–H and O–H groups in total. The van der Waals surface area contributed by atoms with Gasteiger partial charge in [-0.3, -0.25) is 9.59 Å². The monoisotopic (exact) mass is 899 g/mol. The molecule has 0 radical (unpaired) electrons. The molecular formula is C56H100NO7+. The number of quaternary nitrogens is 1. The molecular weight excluding hydrogens is 799 g/mol. The summed E-state index contributed by atoms with van der Waals surface area (Å²) in [4.78, 5) is 37.2. The Morgan fingerprint density at radius 1 is 0.484 bits per heavy atom. The minimum absolute atomic E-state index is 0.0554. The lowest BCUT2D eigenvalue weighted by Gasteiger charge is -2.31. The average molecular weight is 899 g/mol. The van der Waals surface area contributed by atoms with Crippen LogP contribution >= 0.6 is 0 Å². The van der Waals surface area contributed by atoms with Gasteiger partial charge in [0.1, 0.15) is 6.61 Å². The fraction of sp³-hybridized carbons (Fsp3) is 0.768. The fourth-order valence-electron chi connectivity index (χ4n) is 7.61. The Morgan fingerprint density at radius 3 is 1.30 bits per heavy atom. The van der Waals surface area contributed by atoms with Crippen molar-refractivity contribution in [2.45, 2.75) is 238 Å². The molecule has 370 valence electrons. The van der Waals surface area contributed by atoms with Crippen molar-refractivity contribution in [1.29, 1.82) is 0 Å². The van der Waals surface area contributed by atoms with Gasteiger partial charge in [-0.1, -0.05) is 190 Å². The largest absolute Gasteiger partial charge is 0.477 e. The minimum Gasteiger partial charge on any atom is -0.477 e. The molecule has 0 aromatic carbocycles. The van der Waals surface area contributed by atoms with Gasteiger partial charge in [0, 0.05) is 19.3 Å². The number of ether oxygens (including phenoxy) is 3. The summed E-state index contributed by atoms with van der Waals surface area (Å²) in [5.74, 6) is -1.48. The van der Waals surface area contributed by atoms with Crippen LogP contribution in [0.1, 0.15) is 226 Å². The van der Waals surface area contributed by atoms with Gasteiger partial charge >= 0.3 is 17.9 Å². The van der Waals surface area contributed by atoms with Crippen LogP contribution in [-0.2, 0) is 28.6 Å². The Morgan fingerprint density at radius 2 is 0.875 bits per heavy atom. The molecule has 0 heterocycles. The molecule has 0 aliphatic carbocycles. The predicted molar refractivity (Wildman–Crippen MR) is 271 cm³/mol. The maximum Gasteiger partial charge on any atom is 0.362 e. The van der Waals surface area contributed by atoms with Crippen LogP contribution in [0.3, 0.4) is 0 Å². The van der Waals surface area contributed by atoms with Crippen LogP contribution in [0.2, 0.25) is 0 Å². The number of hydrogen-bond acceptors (Lipinski definition) is 6. The predicted octanol–water partition coefficient (Wildman–Crippen LogP) is 15.3. The zero-order valence-corrected chi connectivity index (χ0v) is 42.2. The second-order valence-corrected chi connectivity index (χ2v) is 18.7. The van der Waals surface area contributed by atoms with Crippen LogP contribution in [0.15, 0.2) is 60.8 Å². The number of likely N-dealkylation sites (N-methyl/N-ethyl adjacent to an activating group) is 1. The third-order valence-electron chi connectivity index (χ3n) is 11.7. The number of carboxylic acid groups (broad SMARTS) is 1. The van der Waals surface area contributed by atoms with Gasteiger partial charge in [-0.2, -0.15) is 0 Å². The van der Waals surface area contributed by atoms with Gasteiger partial charge in [-0.05, 0) is 77.0 Å². The van der Waals surface area contributed by atoms with Crippen molar-refractivity contribution in [2.24, 2.45) is 0 Å². The molecule has 0 amide bonds. The molecule has 0 rings (SSSR count). The summed E-state index contributed by atoms with van der Waals surface area (Å²) in [5.41, 5.74) is 0. The second kappa shape index (κ2) is 46.6. The first-order valence-electron chi connectivity index (χ1n) is 26.3. The van der Waals surface area contributed by atoms with Crippen molar-refractivity contribution in [3.05, 3.63) is 60.8 Å². The Bertz CT molecular complexity index is 1230. The summed E-state index contributed by atoms with van der Waals surface area (Å²) in [6.07, 6.45) is 58.4. The quantitative estimate of drug-likeness (QED) is 0.0281. The van der Waals surface area contributed by atoms with Gasteiger partial charge in [0.15, 0.2) is 12.1 Å². The normalized spacial score (nSPS) is 13.3. The van der Waals surface area contributed by atoms with E-state index in [1.807, 2.05) is 21.1 Å². The van der Waals surface area contributed by atoms with Crippen molar-refractivity contribution >= 4 is 17.9 Å². The molecule has 8 nitrogen and oxygen atoms in total. The highest BCUT2D eigenvalue weighted by atomic mass is 16.6. The SMILES string of the molecule is CC/C=C\C/C=C\C/C=C\CCCCCCCCCC(=O)OC(COCCC(C(=O)O)[N+](C)(C)C)COC(=O)CCCCCCCCCCCCC/C=C\C/C=C\CCCCCCC. The average Bonchev–Trinajstić information content (AvgIpc) is 3.26. The van der Waals surface area contributed by atoms with E-state index in [0.29, 0.717) is 19.3 Å². The van der Waals surface area contributed by atoms with Gasteiger partial charge < -0.3 is 23.8 Å². The fourth-order valence-corrected chi connectivity index (χ4v) is 7.61. The van der Waals surface area contributed by atoms with Crippen molar-refractivity contribution < 1.29 is 38.2 Å². The van der Waals surface area contributed by atoms with Crippen LogP contribution < -0.4 is 0 Å². The Hall–Kier alpha value is -2.97. The number of unbranched alkanes of at least 4 members (excludes halogenated alkanes) is 23. The molecule has 0 aliphatic rings. The molecule has 0 aromatic heterocycles. The Kier molecular flexibility index (Phi) is 44.4. The van der Waals surface area contributed by atoms with Crippen LogP contribution in [-0.4, -0.2) is 80.6 Å². The van der Waals surface area contributed by atoms with E-state index in [9.17, 15) is 19.5 Å². The molecule has 0 saturated heterocycles. The molecule has 2 atom stereocenters. The molecule has 0 saturated carbocycles. The summed E-state index contributed by atoms with van der Waals surface area (Å²) in [7, 11) is 5.53. The molecule has 0 spiro atoms. The van der Waals surface area contributed by atoms with Gasteiger partial charge in [-0.15, -0.1) is 0 Å². The first-order chi connectivity index (χ1) is 31.1. The highest BCUT2D eigenvalue weighted by Gasteiger charge is 2.31. The third kappa shape index (κ3) is 44.2. The summed E-state index contributed by atoms with van der Waals surface area (Å²) >= 11 is 0. The maximum atomic E-state index is 12.8. The second-order valence-electron chi connectivity index (χ2n) is 18.7. The summed E-state index contributed by atoms with van der Waals surface area (Å²) in [6.45, 7) is 4.62. The molecule has 0 fully saturated rings. The highest BCUT2D eigenvalue weighted by molar-refractivity contribution is 5.72. The number of allylic oxidation sites excluding steroid dienone is 10. The molecule has 2 unspecified atom stereocenters. The topological polar surface area (TPSA) is 99.1 Å². The van der Waals surface area contributed by atoms with Crippen LogP contribution in [0.25, 0.3) is 0 Å². The van der Waals surface area contributed by atoms with Gasteiger partial charge in [0.2, 0.25) is 0 Å². The van der Waals surface area contributed by atoms with Crippen molar-refractivity contribution in [3.63, 3.8) is 0 Å². The van der Waals surface area contributed by atoms with Gasteiger partial charge in [0.05, 0.1) is 34.4 Å². The van der Waals surface area contributed by atoms with Crippen LogP contribution in [0, 0.1) is 0 Å². The number of aliphatic carboxylic acids is 1. The lowest BCUT2D eigenvalue weighted by molar-refractivity contribution is -0.887. The number of esters is 2. The van der Waals surface area contributed by atoms with Crippen molar-refractivity contribution in [3.8, 4) is 0 Å². The number of carbonyl (C=O) groups excluding carboxylic acids is 2. The highest BCUT2D eigenvalue weighted by Crippen LogP contribution is 2.15. The van der Waals surface area contributed by atoms with E-state index in [2.05, 4.69) is 74.6 Å². The van der Waals surface area contributed by atoms with E-state index in [1.54, 1.807) is 0 Å². The molecule has 8 heteroatoms. The molecule has 0 bridgehead atoms. The lowest BCUT2D eigenvalue weighted by atomic mass is 10.0. The minimum atomic E-state index is -0.877. The van der Waals surface area contributed by atoms with Gasteiger partial charge in [0.25, 0.3) is 0 Å². The molecule has 0 aromatic rings. The zero-order chi connectivity index (χ0) is 47.0. The van der Waals surface area contributed by atoms with E-state index < -0.39 is 18.1 Å². The lowest BCUT2D eigenvalue weighted by Crippen LogP contribution is -2.50. The first kappa shape index (κ1) is 61.0. The number of rotatable bonds is 47. The number of carbonyl (C=O) groups is 3. The van der Waals surface area contributed by atoms with E-state index in [0.717, 1.165) is 70.6 Å². The third-order valence-corrected chi connectivity index (χ3v) is 11.7. The van der Waals surface area contributed by atoms with Crippen molar-refractivity contribution in [1.82, 2.24) is 0 Å². The summed E-state index contributed by atoms with van der Waals surface area (Å²) < 4.78 is 17.4. The van der Waals surface area contributed by atoms with Crippen LogP contribution in [0.4, 0.5) is 0 Å². The first-order valence-corrected chi connectivity index (χ1v) is 26.3. The molecule has 0 aliphatic heterocycles. The maximum absolute atomic E-state index is 12.8.